The summed E-state index contributed by atoms with van der Waals surface area (Å²) in [5, 5.41) is 13.7. The summed E-state index contributed by atoms with van der Waals surface area (Å²) in [6.45, 7) is 5.54. The average Bonchev–Trinajstić information content (AvgIpc) is 2.60. The van der Waals surface area contributed by atoms with Crippen molar-refractivity contribution >= 4 is 17.6 Å². The highest BCUT2D eigenvalue weighted by atomic mass is 19.4. The van der Waals surface area contributed by atoms with Gasteiger partial charge in [0.2, 0.25) is 11.9 Å². The van der Waals surface area contributed by atoms with Gasteiger partial charge in [-0.3, -0.25) is 0 Å². The van der Waals surface area contributed by atoms with Gasteiger partial charge in [-0.1, -0.05) is 6.07 Å². The molecule has 0 aliphatic carbocycles. The molecule has 0 saturated heterocycles. The molecule has 0 aromatic carbocycles. The van der Waals surface area contributed by atoms with Gasteiger partial charge in [-0.2, -0.15) is 38.3 Å². The van der Waals surface area contributed by atoms with E-state index in [2.05, 4.69) is 40.8 Å². The molecule has 0 amide bonds. The molecule has 0 aliphatic rings. The summed E-state index contributed by atoms with van der Waals surface area (Å²) in [6, 6.07) is 5.29. The Hall–Kier alpha value is -3.37. The molecular formula is C17H17F3N8. The standard InChI is InChI=1S/C17H17F3N8/c1-9(2)22-15-25-14(12-5-4-6-13(24-12)17(18,19)20)26-16(27-15)23-11-7-10(3)28-21-8-11/h4-9H,1-3H3,(H2,22,23,25,26,27,28). The Morgan fingerprint density at radius 2 is 1.75 bits per heavy atom. The fraction of sp³-hybridized carbons (Fsp3) is 0.294. The highest BCUT2D eigenvalue weighted by molar-refractivity contribution is 5.58. The Kier molecular flexibility index (Phi) is 5.34. The van der Waals surface area contributed by atoms with Gasteiger partial charge in [0.05, 0.1) is 17.6 Å². The molecular weight excluding hydrogens is 373 g/mol. The van der Waals surface area contributed by atoms with E-state index in [4.69, 9.17) is 0 Å². The number of nitrogens with one attached hydrogen (secondary N) is 2. The zero-order valence-electron chi connectivity index (χ0n) is 15.3. The second-order valence-corrected chi connectivity index (χ2v) is 6.22. The molecule has 0 saturated carbocycles. The third-order valence-electron chi connectivity index (χ3n) is 3.35. The first kappa shape index (κ1) is 19.4. The average molecular weight is 390 g/mol. The van der Waals surface area contributed by atoms with E-state index in [1.54, 1.807) is 13.0 Å². The monoisotopic (exact) mass is 390 g/mol. The molecule has 3 aromatic heterocycles. The van der Waals surface area contributed by atoms with Gasteiger partial charge in [-0.15, -0.1) is 0 Å². The zero-order chi connectivity index (χ0) is 20.3. The van der Waals surface area contributed by atoms with Crippen molar-refractivity contribution in [1.29, 1.82) is 0 Å². The van der Waals surface area contributed by atoms with E-state index in [-0.39, 0.29) is 29.5 Å². The van der Waals surface area contributed by atoms with Gasteiger partial charge in [-0.05, 0) is 39.0 Å². The van der Waals surface area contributed by atoms with Crippen molar-refractivity contribution in [3.8, 4) is 11.5 Å². The summed E-state index contributed by atoms with van der Waals surface area (Å²) in [7, 11) is 0. The molecule has 0 radical (unpaired) electrons. The number of rotatable bonds is 5. The first-order valence-corrected chi connectivity index (χ1v) is 8.34. The van der Waals surface area contributed by atoms with E-state index in [1.165, 1.54) is 18.3 Å². The van der Waals surface area contributed by atoms with E-state index in [1.807, 2.05) is 13.8 Å². The quantitative estimate of drug-likeness (QED) is 0.681. The minimum atomic E-state index is -4.57. The third kappa shape index (κ3) is 4.87. The molecule has 0 fully saturated rings. The van der Waals surface area contributed by atoms with Gasteiger partial charge in [0.15, 0.2) is 5.82 Å². The van der Waals surface area contributed by atoms with Gasteiger partial charge >= 0.3 is 6.18 Å². The van der Waals surface area contributed by atoms with Crippen LogP contribution in [0.3, 0.4) is 0 Å². The molecule has 28 heavy (non-hydrogen) atoms. The molecule has 8 nitrogen and oxygen atoms in total. The van der Waals surface area contributed by atoms with Gasteiger partial charge in [-0.25, -0.2) is 4.98 Å². The number of aryl methyl sites for hydroxylation is 1. The maximum atomic E-state index is 13.0. The van der Waals surface area contributed by atoms with E-state index < -0.39 is 11.9 Å². The third-order valence-corrected chi connectivity index (χ3v) is 3.35. The Labute approximate surface area is 158 Å². The highest BCUT2D eigenvalue weighted by Gasteiger charge is 2.32. The van der Waals surface area contributed by atoms with Crippen molar-refractivity contribution in [3.05, 3.63) is 41.9 Å². The van der Waals surface area contributed by atoms with Gasteiger partial charge < -0.3 is 10.6 Å². The van der Waals surface area contributed by atoms with Crippen molar-refractivity contribution < 1.29 is 13.2 Å². The van der Waals surface area contributed by atoms with Crippen LogP contribution in [-0.2, 0) is 6.18 Å². The summed E-state index contributed by atoms with van der Waals surface area (Å²) in [5.74, 6) is 0.352. The normalized spacial score (nSPS) is 11.5. The largest absolute Gasteiger partial charge is 0.433 e. The summed E-state index contributed by atoms with van der Waals surface area (Å²) in [4.78, 5) is 16.3. The number of alkyl halides is 3. The van der Waals surface area contributed by atoms with Crippen LogP contribution in [-0.4, -0.2) is 36.2 Å². The first-order chi connectivity index (χ1) is 13.2. The molecule has 3 heterocycles. The van der Waals surface area contributed by atoms with Crippen LogP contribution >= 0.6 is 0 Å². The maximum absolute atomic E-state index is 13.0. The molecule has 11 heteroatoms. The number of hydrogen-bond acceptors (Lipinski definition) is 8. The predicted octanol–water partition coefficient (Wildman–Crippen LogP) is 3.61. The van der Waals surface area contributed by atoms with Crippen molar-refractivity contribution in [2.75, 3.05) is 10.6 Å². The molecule has 2 N–H and O–H groups in total. The Bertz CT molecular complexity index is 975. The van der Waals surface area contributed by atoms with Crippen molar-refractivity contribution in [2.45, 2.75) is 33.0 Å². The van der Waals surface area contributed by atoms with Crippen molar-refractivity contribution in [1.82, 2.24) is 30.1 Å². The van der Waals surface area contributed by atoms with Gasteiger partial charge in [0.1, 0.15) is 11.4 Å². The van der Waals surface area contributed by atoms with Crippen LogP contribution in [0.1, 0.15) is 25.2 Å². The van der Waals surface area contributed by atoms with Gasteiger partial charge in [0.25, 0.3) is 0 Å². The van der Waals surface area contributed by atoms with Gasteiger partial charge in [0, 0.05) is 6.04 Å². The summed E-state index contributed by atoms with van der Waals surface area (Å²) in [5.41, 5.74) is 0.222. The Morgan fingerprint density at radius 3 is 2.43 bits per heavy atom. The first-order valence-electron chi connectivity index (χ1n) is 8.34. The molecule has 0 bridgehead atoms. The number of aromatic nitrogens is 6. The number of nitrogens with zero attached hydrogens (tertiary/aromatic N) is 6. The summed E-state index contributed by atoms with van der Waals surface area (Å²) >= 11 is 0. The van der Waals surface area contributed by atoms with Crippen LogP contribution in [0.15, 0.2) is 30.5 Å². The zero-order valence-corrected chi connectivity index (χ0v) is 15.3. The molecule has 0 aliphatic heterocycles. The second kappa shape index (κ2) is 7.71. The SMILES string of the molecule is Cc1cc(Nc2nc(NC(C)C)nc(-c3cccc(C(F)(F)F)n3)n2)cnn1. The lowest BCUT2D eigenvalue weighted by atomic mass is 10.3. The lowest BCUT2D eigenvalue weighted by molar-refractivity contribution is -0.141. The Morgan fingerprint density at radius 1 is 1.00 bits per heavy atom. The predicted molar refractivity (Wildman–Crippen MR) is 96.9 cm³/mol. The lowest BCUT2D eigenvalue weighted by Gasteiger charge is -2.12. The van der Waals surface area contributed by atoms with Crippen molar-refractivity contribution in [3.63, 3.8) is 0 Å². The second-order valence-electron chi connectivity index (χ2n) is 6.22. The highest BCUT2D eigenvalue weighted by Crippen LogP contribution is 2.29. The number of pyridine rings is 1. The fourth-order valence-electron chi connectivity index (χ4n) is 2.26. The lowest BCUT2D eigenvalue weighted by Crippen LogP contribution is -2.15. The Balaban J connectivity index is 2.03. The van der Waals surface area contributed by atoms with Crippen molar-refractivity contribution in [2.24, 2.45) is 0 Å². The van der Waals surface area contributed by atoms with E-state index in [0.717, 1.165) is 6.07 Å². The number of anilines is 3. The number of halogens is 3. The van der Waals surface area contributed by atoms with Crippen LogP contribution in [0.4, 0.5) is 30.8 Å². The molecule has 3 aromatic rings. The van der Waals surface area contributed by atoms with Crippen LogP contribution in [0.25, 0.3) is 11.5 Å². The molecule has 0 atom stereocenters. The summed E-state index contributed by atoms with van der Waals surface area (Å²) in [6.07, 6.45) is -3.09. The van der Waals surface area contributed by atoms with Crippen LogP contribution in [0.5, 0.6) is 0 Å². The van der Waals surface area contributed by atoms with Crippen LogP contribution < -0.4 is 10.6 Å². The smallest absolute Gasteiger partial charge is 0.352 e. The molecule has 0 unspecified atom stereocenters. The number of hydrogen-bond donors (Lipinski definition) is 2. The molecule has 0 spiro atoms. The van der Waals surface area contributed by atoms with Crippen LogP contribution in [0, 0.1) is 6.92 Å². The molecule has 146 valence electrons. The van der Waals surface area contributed by atoms with E-state index >= 15 is 0 Å². The summed E-state index contributed by atoms with van der Waals surface area (Å²) < 4.78 is 39.0. The van der Waals surface area contributed by atoms with E-state index in [9.17, 15) is 13.2 Å². The fourth-order valence-corrected chi connectivity index (χ4v) is 2.26. The minimum Gasteiger partial charge on any atom is -0.352 e. The molecule has 3 rings (SSSR count). The minimum absolute atomic E-state index is 0.00223. The van der Waals surface area contributed by atoms with E-state index in [0.29, 0.717) is 11.4 Å². The maximum Gasteiger partial charge on any atom is 0.433 e. The topological polar surface area (TPSA) is 101 Å². The van der Waals surface area contributed by atoms with Crippen LogP contribution in [0.2, 0.25) is 0 Å².